The lowest BCUT2D eigenvalue weighted by atomic mass is 9.96. The van der Waals surface area contributed by atoms with Gasteiger partial charge in [0.2, 0.25) is 11.8 Å². The lowest BCUT2D eigenvalue weighted by Crippen LogP contribution is -2.49. The van der Waals surface area contributed by atoms with Crippen LogP contribution in [0, 0.1) is 5.82 Å². The number of halogens is 1. The van der Waals surface area contributed by atoms with E-state index in [1.807, 2.05) is 17.0 Å². The average Bonchev–Trinajstić information content (AvgIpc) is 3.42. The van der Waals surface area contributed by atoms with Crippen LogP contribution >= 0.6 is 11.3 Å². The quantitative estimate of drug-likeness (QED) is 0.323. The molecule has 8 heteroatoms. The highest BCUT2D eigenvalue weighted by atomic mass is 32.1. The number of carbonyl (C=O) groups is 2. The number of piperazine rings is 1. The van der Waals surface area contributed by atoms with E-state index in [1.54, 1.807) is 17.5 Å². The summed E-state index contributed by atoms with van der Waals surface area (Å²) in [6.45, 7) is 2.77. The molecule has 1 aromatic heterocycles. The number of aromatic nitrogens is 1. The molecule has 0 radical (unpaired) electrons. The van der Waals surface area contributed by atoms with Crippen molar-refractivity contribution in [2.24, 2.45) is 0 Å². The number of anilines is 1. The lowest BCUT2D eigenvalue weighted by molar-refractivity contribution is -0.134. The second kappa shape index (κ2) is 12.1. The first-order valence-electron chi connectivity index (χ1n) is 12.7. The molecule has 0 aliphatic carbocycles. The lowest BCUT2D eigenvalue weighted by Gasteiger charge is -2.39. The molecule has 3 aromatic carbocycles. The Morgan fingerprint density at radius 3 is 2.16 bits per heavy atom. The number of nitrogens with one attached hydrogen (secondary N) is 1. The Morgan fingerprint density at radius 1 is 0.868 bits per heavy atom. The summed E-state index contributed by atoms with van der Waals surface area (Å²) < 4.78 is 13.5. The maximum absolute atomic E-state index is 13.5. The molecule has 1 aliphatic heterocycles. The van der Waals surface area contributed by atoms with Crippen molar-refractivity contribution < 1.29 is 14.0 Å². The number of hydrogen-bond donors (Lipinski definition) is 1. The van der Waals surface area contributed by atoms with Crippen molar-refractivity contribution in [3.8, 4) is 11.3 Å². The summed E-state index contributed by atoms with van der Waals surface area (Å²) >= 11 is 1.27. The van der Waals surface area contributed by atoms with Gasteiger partial charge in [-0.05, 0) is 23.3 Å². The molecule has 1 fully saturated rings. The van der Waals surface area contributed by atoms with Crippen LogP contribution in [0.15, 0.2) is 90.3 Å². The monoisotopic (exact) mass is 528 g/mol. The molecular formula is C30H29FN4O2S. The van der Waals surface area contributed by atoms with Gasteiger partial charge in [-0.1, -0.05) is 72.8 Å². The Balaban J connectivity index is 1.12. The molecule has 6 nitrogen and oxygen atoms in total. The van der Waals surface area contributed by atoms with Crippen LogP contribution in [0.4, 0.5) is 9.52 Å². The summed E-state index contributed by atoms with van der Waals surface area (Å²) in [5, 5.41) is 4.96. The second-order valence-electron chi connectivity index (χ2n) is 9.24. The Kier molecular flexibility index (Phi) is 8.21. The van der Waals surface area contributed by atoms with Crippen LogP contribution in [0.1, 0.15) is 30.0 Å². The summed E-state index contributed by atoms with van der Waals surface area (Å²) in [5.41, 5.74) is 3.72. The molecule has 0 atom stereocenters. The topological polar surface area (TPSA) is 65.5 Å². The van der Waals surface area contributed by atoms with E-state index in [0.29, 0.717) is 29.5 Å². The molecule has 1 aliphatic rings. The summed E-state index contributed by atoms with van der Waals surface area (Å²) in [4.78, 5) is 34.0. The second-order valence-corrected chi connectivity index (χ2v) is 10.1. The normalized spacial score (nSPS) is 14.0. The van der Waals surface area contributed by atoms with Gasteiger partial charge >= 0.3 is 0 Å². The summed E-state index contributed by atoms with van der Waals surface area (Å²) in [6, 6.07) is 27.2. The van der Waals surface area contributed by atoms with Gasteiger partial charge in [-0.25, -0.2) is 9.37 Å². The van der Waals surface area contributed by atoms with Gasteiger partial charge in [-0.2, -0.15) is 0 Å². The van der Waals surface area contributed by atoms with Crippen molar-refractivity contribution in [1.29, 1.82) is 0 Å². The van der Waals surface area contributed by atoms with Crippen molar-refractivity contribution >= 4 is 28.3 Å². The van der Waals surface area contributed by atoms with Crippen LogP contribution in [0.5, 0.6) is 0 Å². The fourth-order valence-corrected chi connectivity index (χ4v) is 5.52. The summed E-state index contributed by atoms with van der Waals surface area (Å²) in [6.07, 6.45) is 0.235. The minimum absolute atomic E-state index is 0.0182. The molecule has 4 aromatic rings. The fraction of sp³-hybridized carbons (Fsp3) is 0.233. The molecule has 38 heavy (non-hydrogen) atoms. The molecule has 2 heterocycles. The van der Waals surface area contributed by atoms with E-state index < -0.39 is 0 Å². The van der Waals surface area contributed by atoms with Crippen LogP contribution < -0.4 is 5.32 Å². The van der Waals surface area contributed by atoms with Crippen LogP contribution in [0.2, 0.25) is 0 Å². The number of carbonyl (C=O) groups excluding carboxylic acids is 2. The van der Waals surface area contributed by atoms with Crippen molar-refractivity contribution in [2.45, 2.75) is 18.9 Å². The van der Waals surface area contributed by atoms with Crippen molar-refractivity contribution in [1.82, 2.24) is 14.8 Å². The van der Waals surface area contributed by atoms with E-state index in [0.717, 1.165) is 13.1 Å². The predicted molar refractivity (Wildman–Crippen MR) is 148 cm³/mol. The molecule has 5 rings (SSSR count). The third kappa shape index (κ3) is 6.33. The first-order valence-corrected chi connectivity index (χ1v) is 13.6. The highest BCUT2D eigenvalue weighted by Gasteiger charge is 2.28. The fourth-order valence-electron chi connectivity index (χ4n) is 4.79. The zero-order chi connectivity index (χ0) is 26.3. The largest absolute Gasteiger partial charge is 0.340 e. The SMILES string of the molecule is O=C(CCC(=O)N1CCN(C(c2ccccc2)c2ccccc2)CC1)Nc1nc(-c2cccc(F)c2)cs1. The van der Waals surface area contributed by atoms with Crippen LogP contribution in [-0.4, -0.2) is 52.8 Å². The Hall–Kier alpha value is -3.88. The van der Waals surface area contributed by atoms with Gasteiger partial charge in [0.1, 0.15) is 5.82 Å². The van der Waals surface area contributed by atoms with Crippen LogP contribution in [-0.2, 0) is 9.59 Å². The van der Waals surface area contributed by atoms with Gasteiger partial charge < -0.3 is 10.2 Å². The van der Waals surface area contributed by atoms with Gasteiger partial charge in [0.25, 0.3) is 0 Å². The van der Waals surface area contributed by atoms with E-state index >= 15 is 0 Å². The first-order chi connectivity index (χ1) is 18.6. The molecule has 1 N–H and O–H groups in total. The number of hydrogen-bond acceptors (Lipinski definition) is 5. The number of amides is 2. The Morgan fingerprint density at radius 2 is 1.53 bits per heavy atom. The van der Waals surface area contributed by atoms with Crippen LogP contribution in [0.3, 0.4) is 0 Å². The Bertz CT molecular complexity index is 1330. The van der Waals surface area contributed by atoms with E-state index in [4.69, 9.17) is 0 Å². The van der Waals surface area contributed by atoms with Gasteiger partial charge in [-0.3, -0.25) is 14.5 Å². The minimum atomic E-state index is -0.337. The molecular weight excluding hydrogens is 499 g/mol. The van der Waals surface area contributed by atoms with Crippen molar-refractivity contribution in [3.05, 3.63) is 107 Å². The van der Waals surface area contributed by atoms with Crippen molar-refractivity contribution in [2.75, 3.05) is 31.5 Å². The standard InChI is InChI=1S/C30H29FN4O2S/c31-25-13-7-12-24(20-25)26-21-38-30(32-26)33-27(36)14-15-28(37)34-16-18-35(19-17-34)29(22-8-3-1-4-9-22)23-10-5-2-6-11-23/h1-13,20-21,29H,14-19H2,(H,32,33,36). The zero-order valence-electron chi connectivity index (χ0n) is 20.9. The maximum Gasteiger partial charge on any atom is 0.226 e. The van der Waals surface area contributed by atoms with Gasteiger partial charge in [0, 0.05) is 50.0 Å². The molecule has 0 bridgehead atoms. The number of rotatable bonds is 8. The van der Waals surface area contributed by atoms with E-state index in [9.17, 15) is 14.0 Å². The summed E-state index contributed by atoms with van der Waals surface area (Å²) in [5.74, 6) is -0.614. The third-order valence-electron chi connectivity index (χ3n) is 6.70. The molecule has 0 saturated carbocycles. The maximum atomic E-state index is 13.5. The molecule has 0 unspecified atom stereocenters. The average molecular weight is 529 g/mol. The minimum Gasteiger partial charge on any atom is -0.340 e. The van der Waals surface area contributed by atoms with Gasteiger partial charge in [0.05, 0.1) is 11.7 Å². The molecule has 2 amide bonds. The highest BCUT2D eigenvalue weighted by molar-refractivity contribution is 7.14. The molecule has 194 valence electrons. The predicted octanol–water partition coefficient (Wildman–Crippen LogP) is 5.60. The molecule has 0 spiro atoms. The van der Waals surface area contributed by atoms with Gasteiger partial charge in [0.15, 0.2) is 5.13 Å². The van der Waals surface area contributed by atoms with E-state index in [2.05, 4.69) is 63.7 Å². The third-order valence-corrected chi connectivity index (χ3v) is 7.46. The van der Waals surface area contributed by atoms with E-state index in [1.165, 1.54) is 34.6 Å². The number of nitrogens with zero attached hydrogens (tertiary/aromatic N) is 3. The summed E-state index contributed by atoms with van der Waals surface area (Å²) in [7, 11) is 0. The van der Waals surface area contributed by atoms with Crippen molar-refractivity contribution in [3.63, 3.8) is 0 Å². The highest BCUT2D eigenvalue weighted by Crippen LogP contribution is 2.30. The van der Waals surface area contributed by atoms with Gasteiger partial charge in [-0.15, -0.1) is 11.3 Å². The number of benzene rings is 3. The first kappa shape index (κ1) is 25.8. The van der Waals surface area contributed by atoms with E-state index in [-0.39, 0.29) is 36.5 Å². The molecule has 1 saturated heterocycles. The number of thiazole rings is 1. The zero-order valence-corrected chi connectivity index (χ0v) is 21.7. The smallest absolute Gasteiger partial charge is 0.226 e. The van der Waals surface area contributed by atoms with Crippen LogP contribution in [0.25, 0.3) is 11.3 Å². The Labute approximate surface area is 225 Å².